The summed E-state index contributed by atoms with van der Waals surface area (Å²) in [5.41, 5.74) is 3.16. The minimum Gasteiger partial charge on any atom is -0.468 e. The number of aryl methyl sites for hydroxylation is 1. The average molecular weight is 484 g/mol. The van der Waals surface area contributed by atoms with E-state index in [0.717, 1.165) is 22.9 Å². The summed E-state index contributed by atoms with van der Waals surface area (Å²) in [4.78, 5) is 37.8. The third-order valence-corrected chi connectivity index (χ3v) is 6.74. The van der Waals surface area contributed by atoms with Crippen LogP contribution in [0, 0.1) is 31.1 Å². The van der Waals surface area contributed by atoms with Gasteiger partial charge in [-0.25, -0.2) is 0 Å². The van der Waals surface area contributed by atoms with Gasteiger partial charge in [-0.1, -0.05) is 59.3 Å². The Kier molecular flexibility index (Phi) is 7.79. The van der Waals surface area contributed by atoms with Crippen LogP contribution in [0.3, 0.4) is 0 Å². The molecule has 2 aromatic rings. The maximum Gasteiger partial charge on any atom is 0.319 e. The zero-order chi connectivity index (χ0) is 24.1. The number of nitriles is 1. The van der Waals surface area contributed by atoms with Crippen molar-refractivity contribution < 1.29 is 19.1 Å². The average Bonchev–Trinajstić information content (AvgIpc) is 2.80. The highest BCUT2D eigenvalue weighted by atomic mass is 35.5. The number of amides is 2. The fraction of sp³-hybridized carbons (Fsp3) is 0.250. The molecule has 0 saturated heterocycles. The molecule has 2 atom stereocenters. The number of carbonyl (C=O) groups excluding carboxylic acids is 3. The molecule has 7 nitrogen and oxygen atoms in total. The number of nitrogens with zero attached hydrogens (tertiary/aromatic N) is 1. The van der Waals surface area contributed by atoms with E-state index in [-0.39, 0.29) is 22.3 Å². The topological polar surface area (TPSA) is 108 Å². The molecule has 0 aromatic heterocycles. The van der Waals surface area contributed by atoms with Crippen LogP contribution in [0.25, 0.3) is 0 Å². The lowest BCUT2D eigenvalue weighted by atomic mass is 9.78. The van der Waals surface area contributed by atoms with Gasteiger partial charge in [0.05, 0.1) is 29.5 Å². The predicted octanol–water partition coefficient (Wildman–Crippen LogP) is 4.07. The van der Waals surface area contributed by atoms with Gasteiger partial charge < -0.3 is 15.4 Å². The zero-order valence-corrected chi connectivity index (χ0v) is 19.8. The maximum absolute atomic E-state index is 12.9. The Morgan fingerprint density at radius 1 is 1.21 bits per heavy atom. The largest absolute Gasteiger partial charge is 0.468 e. The number of allylic oxidation sites excluding steroid dienone is 1. The number of esters is 1. The quantitative estimate of drug-likeness (QED) is 0.473. The molecule has 2 aromatic carbocycles. The fourth-order valence-electron chi connectivity index (χ4n) is 3.52. The summed E-state index contributed by atoms with van der Waals surface area (Å²) in [5.74, 6) is -3.73. The van der Waals surface area contributed by atoms with E-state index in [1.54, 1.807) is 37.3 Å². The number of anilines is 1. The molecule has 0 unspecified atom stereocenters. The summed E-state index contributed by atoms with van der Waals surface area (Å²) in [5, 5.41) is 16.1. The van der Waals surface area contributed by atoms with Crippen LogP contribution in [0.15, 0.2) is 53.1 Å². The smallest absolute Gasteiger partial charge is 0.319 e. The number of nitrogens with one attached hydrogen (secondary N) is 2. The van der Waals surface area contributed by atoms with Crippen molar-refractivity contribution in [1.82, 2.24) is 5.32 Å². The second kappa shape index (κ2) is 10.6. The molecule has 3 rings (SSSR count). The van der Waals surface area contributed by atoms with E-state index in [1.807, 2.05) is 19.1 Å². The van der Waals surface area contributed by atoms with Gasteiger partial charge in [0.25, 0.3) is 0 Å². The Hall–Kier alpha value is -3.28. The van der Waals surface area contributed by atoms with Crippen molar-refractivity contribution in [3.05, 3.63) is 74.8 Å². The SMILES string of the molecule is COC(=O)[C@@H]1C(=O)NC(SCC(=O)Nc2cccc(Cl)c2C)=C(C#N)[C@@H]1c1ccc(C)cc1. The van der Waals surface area contributed by atoms with E-state index in [2.05, 4.69) is 16.7 Å². The molecule has 33 heavy (non-hydrogen) atoms. The highest BCUT2D eigenvalue weighted by Gasteiger charge is 2.44. The van der Waals surface area contributed by atoms with Crippen LogP contribution in [0.1, 0.15) is 22.6 Å². The standard InChI is InChI=1S/C24H22ClN3O4S/c1-13-7-9-15(10-8-13)20-16(11-26)23(28-22(30)21(20)24(31)32-3)33-12-19(29)27-18-6-4-5-17(25)14(18)2/h4-10,20-21H,12H2,1-3H3,(H,27,29)(H,28,30)/t20-,21-/m0/s1. The number of thioether (sulfide) groups is 1. The molecular weight excluding hydrogens is 462 g/mol. The molecule has 1 aliphatic heterocycles. The molecule has 1 heterocycles. The van der Waals surface area contributed by atoms with Gasteiger partial charge >= 0.3 is 5.97 Å². The van der Waals surface area contributed by atoms with Crippen molar-refractivity contribution in [3.63, 3.8) is 0 Å². The number of hydrogen-bond acceptors (Lipinski definition) is 6. The van der Waals surface area contributed by atoms with Crippen molar-refractivity contribution in [2.45, 2.75) is 19.8 Å². The van der Waals surface area contributed by atoms with Gasteiger partial charge in [0, 0.05) is 16.6 Å². The van der Waals surface area contributed by atoms with Crippen LogP contribution in [0.2, 0.25) is 5.02 Å². The van der Waals surface area contributed by atoms with Crippen molar-refractivity contribution in [1.29, 1.82) is 5.26 Å². The van der Waals surface area contributed by atoms with Crippen LogP contribution in [0.4, 0.5) is 5.69 Å². The number of ether oxygens (including phenoxy) is 1. The minimum atomic E-state index is -1.21. The van der Waals surface area contributed by atoms with Crippen molar-refractivity contribution in [2.24, 2.45) is 5.92 Å². The normalized spacial score (nSPS) is 17.7. The Bertz CT molecular complexity index is 1170. The van der Waals surface area contributed by atoms with E-state index in [9.17, 15) is 19.6 Å². The Labute approximate surface area is 201 Å². The van der Waals surface area contributed by atoms with Gasteiger partial charge in [0.2, 0.25) is 11.8 Å². The molecule has 2 amide bonds. The lowest BCUT2D eigenvalue weighted by Gasteiger charge is -2.31. The molecule has 0 bridgehead atoms. The zero-order valence-electron chi connectivity index (χ0n) is 18.3. The second-order valence-corrected chi connectivity index (χ2v) is 8.88. The first-order chi connectivity index (χ1) is 15.8. The first-order valence-corrected chi connectivity index (χ1v) is 11.4. The molecule has 0 radical (unpaired) electrons. The van der Waals surface area contributed by atoms with Gasteiger partial charge in [-0.15, -0.1) is 0 Å². The molecule has 0 fully saturated rings. The van der Waals surface area contributed by atoms with E-state index < -0.39 is 23.7 Å². The Balaban J connectivity index is 1.89. The van der Waals surface area contributed by atoms with Crippen LogP contribution in [0.5, 0.6) is 0 Å². The maximum atomic E-state index is 12.9. The number of hydrogen-bond donors (Lipinski definition) is 2. The van der Waals surface area contributed by atoms with Crippen molar-refractivity contribution in [3.8, 4) is 6.07 Å². The molecule has 9 heteroatoms. The molecule has 0 saturated carbocycles. The van der Waals surface area contributed by atoms with Crippen molar-refractivity contribution in [2.75, 3.05) is 18.2 Å². The molecule has 1 aliphatic rings. The minimum absolute atomic E-state index is 0.0593. The summed E-state index contributed by atoms with van der Waals surface area (Å²) in [7, 11) is 1.20. The summed E-state index contributed by atoms with van der Waals surface area (Å²) in [6, 6.07) is 14.6. The van der Waals surface area contributed by atoms with Gasteiger partial charge in [0.15, 0.2) is 0 Å². The third-order valence-electron chi connectivity index (χ3n) is 5.31. The molecule has 0 spiro atoms. The van der Waals surface area contributed by atoms with Gasteiger partial charge in [-0.2, -0.15) is 5.26 Å². The first-order valence-electron chi connectivity index (χ1n) is 10.0. The monoisotopic (exact) mass is 483 g/mol. The molecule has 0 aliphatic carbocycles. The van der Waals surface area contributed by atoms with E-state index in [1.165, 1.54) is 7.11 Å². The summed E-state index contributed by atoms with van der Waals surface area (Å²) >= 11 is 7.12. The molecule has 170 valence electrons. The Morgan fingerprint density at radius 2 is 1.91 bits per heavy atom. The van der Waals surface area contributed by atoms with E-state index in [0.29, 0.717) is 16.3 Å². The summed E-state index contributed by atoms with van der Waals surface area (Å²) in [6.07, 6.45) is 0. The van der Waals surface area contributed by atoms with Gasteiger partial charge in [0.1, 0.15) is 5.92 Å². The van der Waals surface area contributed by atoms with Gasteiger partial charge in [-0.05, 0) is 37.1 Å². The van der Waals surface area contributed by atoms with Crippen LogP contribution < -0.4 is 10.6 Å². The molecular formula is C24H22ClN3O4S. The molecule has 2 N–H and O–H groups in total. The van der Waals surface area contributed by atoms with Crippen LogP contribution in [-0.2, 0) is 19.1 Å². The highest BCUT2D eigenvalue weighted by Crippen LogP contribution is 2.40. The van der Waals surface area contributed by atoms with Crippen LogP contribution in [-0.4, -0.2) is 30.6 Å². The Morgan fingerprint density at radius 3 is 2.55 bits per heavy atom. The van der Waals surface area contributed by atoms with Gasteiger partial charge in [-0.3, -0.25) is 14.4 Å². The van der Waals surface area contributed by atoms with E-state index >= 15 is 0 Å². The first kappa shape index (κ1) is 24.4. The fourth-order valence-corrected chi connectivity index (χ4v) is 4.54. The number of halogens is 1. The number of methoxy groups -OCH3 is 1. The number of benzene rings is 2. The number of rotatable bonds is 6. The second-order valence-electron chi connectivity index (χ2n) is 7.48. The van der Waals surface area contributed by atoms with E-state index in [4.69, 9.17) is 16.3 Å². The summed E-state index contributed by atoms with van der Waals surface area (Å²) < 4.78 is 4.84. The highest BCUT2D eigenvalue weighted by molar-refractivity contribution is 8.03. The van der Waals surface area contributed by atoms with Crippen LogP contribution >= 0.6 is 23.4 Å². The summed E-state index contributed by atoms with van der Waals surface area (Å²) in [6.45, 7) is 3.71. The number of carbonyl (C=O) groups is 3. The predicted molar refractivity (Wildman–Crippen MR) is 127 cm³/mol. The van der Waals surface area contributed by atoms with Crippen molar-refractivity contribution >= 4 is 46.8 Å². The lowest BCUT2D eigenvalue weighted by molar-refractivity contribution is -0.150. The lowest BCUT2D eigenvalue weighted by Crippen LogP contribution is -2.44. The third kappa shape index (κ3) is 5.38.